The minimum Gasteiger partial charge on any atom is -0.324 e. The highest BCUT2D eigenvalue weighted by atomic mass is 19.1. The summed E-state index contributed by atoms with van der Waals surface area (Å²) in [7, 11) is 2.12. The molecule has 1 spiro atoms. The predicted molar refractivity (Wildman–Crippen MR) is 80.9 cm³/mol. The van der Waals surface area contributed by atoms with Gasteiger partial charge in [0.1, 0.15) is 5.82 Å². The van der Waals surface area contributed by atoms with Crippen molar-refractivity contribution in [2.24, 2.45) is 5.41 Å². The maximum absolute atomic E-state index is 13.7. The van der Waals surface area contributed by atoms with Crippen molar-refractivity contribution in [1.29, 1.82) is 0 Å². The van der Waals surface area contributed by atoms with Crippen LogP contribution in [0.3, 0.4) is 0 Å². The van der Waals surface area contributed by atoms with Gasteiger partial charge in [-0.15, -0.1) is 0 Å². The highest BCUT2D eigenvalue weighted by Gasteiger charge is 2.43. The van der Waals surface area contributed by atoms with Crippen molar-refractivity contribution in [3.8, 4) is 0 Å². The van der Waals surface area contributed by atoms with Crippen molar-refractivity contribution in [1.82, 2.24) is 9.80 Å². The van der Waals surface area contributed by atoms with Gasteiger partial charge < -0.3 is 15.1 Å². The number of rotatable bonds is 1. The van der Waals surface area contributed by atoms with E-state index in [2.05, 4.69) is 17.3 Å². The van der Waals surface area contributed by atoms with Crippen molar-refractivity contribution in [2.45, 2.75) is 19.8 Å². The Morgan fingerprint density at radius 2 is 2.05 bits per heavy atom. The maximum Gasteiger partial charge on any atom is 0.321 e. The second-order valence-electron chi connectivity index (χ2n) is 6.57. The smallest absolute Gasteiger partial charge is 0.321 e. The van der Waals surface area contributed by atoms with Gasteiger partial charge in [0.25, 0.3) is 0 Å². The molecule has 0 aliphatic carbocycles. The first-order chi connectivity index (χ1) is 9.97. The van der Waals surface area contributed by atoms with E-state index in [4.69, 9.17) is 0 Å². The third kappa shape index (κ3) is 2.88. The van der Waals surface area contributed by atoms with E-state index in [0.29, 0.717) is 0 Å². The molecule has 1 aromatic carbocycles. The van der Waals surface area contributed by atoms with E-state index in [9.17, 15) is 9.18 Å². The van der Waals surface area contributed by atoms with Crippen molar-refractivity contribution >= 4 is 11.7 Å². The Morgan fingerprint density at radius 3 is 2.76 bits per heavy atom. The van der Waals surface area contributed by atoms with Crippen LogP contribution in [0.25, 0.3) is 0 Å². The van der Waals surface area contributed by atoms with Crippen LogP contribution in [0.1, 0.15) is 18.4 Å². The van der Waals surface area contributed by atoms with E-state index in [0.717, 1.165) is 44.6 Å². The fourth-order valence-electron chi connectivity index (χ4n) is 3.53. The van der Waals surface area contributed by atoms with Gasteiger partial charge in [-0.25, -0.2) is 9.18 Å². The van der Waals surface area contributed by atoms with Crippen LogP contribution < -0.4 is 5.32 Å². The summed E-state index contributed by atoms with van der Waals surface area (Å²) in [6.45, 7) is 5.57. The zero-order valence-corrected chi connectivity index (χ0v) is 12.7. The SMILES string of the molecule is Cc1ccc(F)c(NC(=O)N2CC[C@@]3(CCN(C)C3)C2)c1. The highest BCUT2D eigenvalue weighted by Crippen LogP contribution is 2.39. The first-order valence-corrected chi connectivity index (χ1v) is 7.48. The quantitative estimate of drug-likeness (QED) is 0.863. The molecule has 2 saturated heterocycles. The summed E-state index contributed by atoms with van der Waals surface area (Å²) in [5.41, 5.74) is 1.45. The number of nitrogens with zero attached hydrogens (tertiary/aromatic N) is 2. The number of halogens is 1. The minimum absolute atomic E-state index is 0.189. The standard InChI is InChI=1S/C16H22FN3O/c1-12-3-4-13(17)14(9-12)18-15(21)20-8-6-16(11-20)5-7-19(2)10-16/h3-4,9H,5-8,10-11H2,1-2H3,(H,18,21)/t16-/m1/s1. The summed E-state index contributed by atoms with van der Waals surface area (Å²) in [6, 6.07) is 4.57. The highest BCUT2D eigenvalue weighted by molar-refractivity contribution is 5.89. The number of hydrogen-bond acceptors (Lipinski definition) is 2. The Bertz CT molecular complexity index is 562. The van der Waals surface area contributed by atoms with Gasteiger partial charge in [-0.1, -0.05) is 6.07 Å². The third-order valence-corrected chi connectivity index (χ3v) is 4.72. The number of urea groups is 1. The van der Waals surface area contributed by atoms with E-state index in [1.807, 2.05) is 11.8 Å². The van der Waals surface area contributed by atoms with Crippen LogP contribution in [0, 0.1) is 18.2 Å². The number of amides is 2. The fourth-order valence-corrected chi connectivity index (χ4v) is 3.53. The van der Waals surface area contributed by atoms with Crippen LogP contribution in [-0.2, 0) is 0 Å². The summed E-state index contributed by atoms with van der Waals surface area (Å²) >= 11 is 0. The number of aryl methyl sites for hydroxylation is 1. The van der Waals surface area contributed by atoms with Crippen LogP contribution in [0.15, 0.2) is 18.2 Å². The van der Waals surface area contributed by atoms with E-state index in [-0.39, 0.29) is 23.0 Å². The zero-order chi connectivity index (χ0) is 15.0. The van der Waals surface area contributed by atoms with Gasteiger partial charge >= 0.3 is 6.03 Å². The molecule has 2 heterocycles. The molecule has 1 aromatic rings. The molecule has 0 aromatic heterocycles. The molecule has 1 atom stereocenters. The molecular weight excluding hydrogens is 269 g/mol. The lowest BCUT2D eigenvalue weighted by Crippen LogP contribution is -2.36. The molecule has 2 aliphatic rings. The van der Waals surface area contributed by atoms with Gasteiger partial charge in [0.05, 0.1) is 5.69 Å². The Morgan fingerprint density at radius 1 is 1.29 bits per heavy atom. The Kier molecular flexibility index (Phi) is 3.61. The van der Waals surface area contributed by atoms with Crippen molar-refractivity contribution in [2.75, 3.05) is 38.5 Å². The molecule has 4 nitrogen and oxygen atoms in total. The number of carbonyl (C=O) groups excluding carboxylic acids is 1. The molecule has 21 heavy (non-hydrogen) atoms. The van der Waals surface area contributed by atoms with Gasteiger partial charge in [0, 0.05) is 25.0 Å². The zero-order valence-electron chi connectivity index (χ0n) is 12.7. The van der Waals surface area contributed by atoms with Crippen molar-refractivity contribution in [3.05, 3.63) is 29.6 Å². The van der Waals surface area contributed by atoms with E-state index >= 15 is 0 Å². The molecular formula is C16H22FN3O. The number of likely N-dealkylation sites (tertiary alicyclic amines) is 2. The van der Waals surface area contributed by atoms with Crippen LogP contribution in [0.4, 0.5) is 14.9 Å². The Labute approximate surface area is 124 Å². The number of benzene rings is 1. The van der Waals surface area contributed by atoms with Gasteiger partial charge in [-0.3, -0.25) is 0 Å². The molecule has 0 unspecified atom stereocenters. The van der Waals surface area contributed by atoms with Gasteiger partial charge in [-0.05, 0) is 51.1 Å². The molecule has 2 aliphatic heterocycles. The van der Waals surface area contributed by atoms with E-state index in [1.165, 1.54) is 6.07 Å². The Hall–Kier alpha value is -1.62. The summed E-state index contributed by atoms with van der Waals surface area (Å²) < 4.78 is 13.7. The molecule has 2 fully saturated rings. The number of anilines is 1. The number of carbonyl (C=O) groups is 1. The summed E-state index contributed by atoms with van der Waals surface area (Å²) in [4.78, 5) is 16.5. The van der Waals surface area contributed by atoms with Crippen molar-refractivity contribution < 1.29 is 9.18 Å². The topological polar surface area (TPSA) is 35.6 Å². The molecule has 3 rings (SSSR count). The second-order valence-corrected chi connectivity index (χ2v) is 6.57. The van der Waals surface area contributed by atoms with Gasteiger partial charge in [-0.2, -0.15) is 0 Å². The second kappa shape index (κ2) is 5.30. The average molecular weight is 291 g/mol. The van der Waals surface area contributed by atoms with E-state index in [1.54, 1.807) is 12.1 Å². The minimum atomic E-state index is -0.386. The monoisotopic (exact) mass is 291 g/mol. The number of hydrogen-bond donors (Lipinski definition) is 1. The third-order valence-electron chi connectivity index (χ3n) is 4.72. The molecule has 5 heteroatoms. The van der Waals surface area contributed by atoms with Gasteiger partial charge in [0.15, 0.2) is 0 Å². The van der Waals surface area contributed by atoms with Crippen LogP contribution >= 0.6 is 0 Å². The molecule has 114 valence electrons. The lowest BCUT2D eigenvalue weighted by atomic mass is 9.86. The summed E-state index contributed by atoms with van der Waals surface area (Å²) in [5, 5.41) is 2.71. The van der Waals surface area contributed by atoms with Gasteiger partial charge in [0.2, 0.25) is 0 Å². The fraction of sp³-hybridized carbons (Fsp3) is 0.562. The Balaban J connectivity index is 1.66. The lowest BCUT2D eigenvalue weighted by Gasteiger charge is -2.24. The van der Waals surface area contributed by atoms with Crippen LogP contribution in [0.5, 0.6) is 0 Å². The normalized spacial score (nSPS) is 25.8. The molecule has 2 amide bonds. The first-order valence-electron chi connectivity index (χ1n) is 7.48. The molecule has 1 N–H and O–H groups in total. The molecule has 0 bridgehead atoms. The summed E-state index contributed by atoms with van der Waals surface area (Å²) in [6.07, 6.45) is 2.19. The number of nitrogens with one attached hydrogen (secondary N) is 1. The maximum atomic E-state index is 13.7. The largest absolute Gasteiger partial charge is 0.324 e. The molecule has 0 radical (unpaired) electrons. The van der Waals surface area contributed by atoms with Crippen LogP contribution in [-0.4, -0.2) is 49.1 Å². The van der Waals surface area contributed by atoms with Crippen molar-refractivity contribution in [3.63, 3.8) is 0 Å². The lowest BCUT2D eigenvalue weighted by molar-refractivity contribution is 0.212. The average Bonchev–Trinajstić information content (AvgIpc) is 3.01. The molecule has 0 saturated carbocycles. The van der Waals surface area contributed by atoms with Crippen LogP contribution in [0.2, 0.25) is 0 Å². The summed E-state index contributed by atoms with van der Waals surface area (Å²) in [5.74, 6) is -0.386. The predicted octanol–water partition coefficient (Wildman–Crippen LogP) is 2.69. The van der Waals surface area contributed by atoms with E-state index < -0.39 is 0 Å². The first kappa shape index (κ1) is 14.3.